The van der Waals surface area contributed by atoms with Crippen molar-refractivity contribution in [3.8, 4) is 0 Å². The Morgan fingerprint density at radius 1 is 1.15 bits per heavy atom. The molecule has 0 aromatic heterocycles. The number of amides is 1. The Bertz CT molecular complexity index is 429. The Morgan fingerprint density at radius 3 is 2.05 bits per heavy atom. The first kappa shape index (κ1) is 16.7. The van der Waals surface area contributed by atoms with Crippen LogP contribution in [0, 0.1) is 23.1 Å². The van der Waals surface area contributed by atoms with Gasteiger partial charge < -0.3 is 5.32 Å². The van der Waals surface area contributed by atoms with Crippen LogP contribution in [0.4, 0.5) is 4.39 Å². The summed E-state index contributed by atoms with van der Waals surface area (Å²) in [5, 5.41) is 3.01. The van der Waals surface area contributed by atoms with Crippen molar-refractivity contribution < 1.29 is 9.18 Å². The van der Waals surface area contributed by atoms with Crippen LogP contribution in [0.1, 0.15) is 51.4 Å². The highest BCUT2D eigenvalue weighted by molar-refractivity contribution is 5.94. The summed E-state index contributed by atoms with van der Waals surface area (Å²) in [6.07, 6.45) is 1.02. The fourth-order valence-corrected chi connectivity index (χ4v) is 2.96. The minimum absolute atomic E-state index is 0.0929. The highest BCUT2D eigenvalue weighted by atomic mass is 19.1. The fourth-order valence-electron chi connectivity index (χ4n) is 2.96. The molecule has 0 aliphatic carbocycles. The molecule has 1 rings (SSSR count). The van der Waals surface area contributed by atoms with Crippen LogP contribution in [0.25, 0.3) is 0 Å². The zero-order chi connectivity index (χ0) is 15.3. The molecule has 0 unspecified atom stereocenters. The minimum atomic E-state index is -0.325. The van der Waals surface area contributed by atoms with Crippen molar-refractivity contribution in [2.45, 2.75) is 41.0 Å². The molecule has 0 saturated heterocycles. The first-order chi connectivity index (χ1) is 9.33. The Balaban J connectivity index is 2.77. The van der Waals surface area contributed by atoms with E-state index in [2.05, 4.69) is 39.9 Å². The quantitative estimate of drug-likeness (QED) is 0.828. The normalized spacial score (nSPS) is 12.0. The summed E-state index contributed by atoms with van der Waals surface area (Å²) in [4.78, 5) is 12.1. The van der Waals surface area contributed by atoms with E-state index in [0.717, 1.165) is 6.42 Å². The number of benzene rings is 1. The maximum absolute atomic E-state index is 12.9. The van der Waals surface area contributed by atoms with Crippen LogP contribution in [0.5, 0.6) is 0 Å². The van der Waals surface area contributed by atoms with Crippen LogP contribution in [-0.2, 0) is 0 Å². The van der Waals surface area contributed by atoms with E-state index in [1.165, 1.54) is 24.3 Å². The predicted octanol–water partition coefficient (Wildman–Crippen LogP) is 4.26. The third kappa shape index (κ3) is 3.59. The number of carbonyl (C=O) groups is 1. The van der Waals surface area contributed by atoms with Gasteiger partial charge in [-0.25, -0.2) is 4.39 Å². The highest BCUT2D eigenvalue weighted by Crippen LogP contribution is 2.38. The van der Waals surface area contributed by atoms with E-state index in [9.17, 15) is 9.18 Å². The molecule has 1 aromatic carbocycles. The van der Waals surface area contributed by atoms with Crippen LogP contribution < -0.4 is 5.32 Å². The Kier molecular flexibility index (Phi) is 5.73. The molecule has 3 heteroatoms. The van der Waals surface area contributed by atoms with Gasteiger partial charge in [-0.1, -0.05) is 34.6 Å². The van der Waals surface area contributed by atoms with Crippen molar-refractivity contribution in [1.29, 1.82) is 0 Å². The van der Waals surface area contributed by atoms with E-state index in [-0.39, 0.29) is 17.1 Å². The zero-order valence-electron chi connectivity index (χ0n) is 13.2. The number of rotatable bonds is 6. The number of halogens is 1. The molecule has 1 amide bonds. The molecule has 0 saturated carbocycles. The van der Waals surface area contributed by atoms with Crippen molar-refractivity contribution in [3.63, 3.8) is 0 Å². The molecule has 0 heterocycles. The van der Waals surface area contributed by atoms with Crippen molar-refractivity contribution in [3.05, 3.63) is 35.6 Å². The lowest BCUT2D eigenvalue weighted by Gasteiger charge is -2.41. The second kappa shape index (κ2) is 6.87. The summed E-state index contributed by atoms with van der Waals surface area (Å²) < 4.78 is 12.9. The van der Waals surface area contributed by atoms with Gasteiger partial charge >= 0.3 is 0 Å². The third-order valence-electron chi connectivity index (χ3n) is 4.64. The van der Waals surface area contributed by atoms with E-state index >= 15 is 0 Å². The summed E-state index contributed by atoms with van der Waals surface area (Å²) >= 11 is 0. The minimum Gasteiger partial charge on any atom is -0.351 e. The first-order valence-corrected chi connectivity index (χ1v) is 7.37. The molecule has 0 spiro atoms. The fraction of sp³-hybridized carbons (Fsp3) is 0.588. The van der Waals surface area contributed by atoms with E-state index in [4.69, 9.17) is 0 Å². The maximum atomic E-state index is 12.9. The van der Waals surface area contributed by atoms with Gasteiger partial charge in [0.25, 0.3) is 5.91 Å². The molecule has 0 aliphatic heterocycles. The summed E-state index contributed by atoms with van der Waals surface area (Å²) in [7, 11) is 0. The van der Waals surface area contributed by atoms with Gasteiger partial charge in [0.2, 0.25) is 0 Å². The molecular formula is C17H26FNO. The molecule has 0 bridgehead atoms. The second-order valence-electron chi connectivity index (χ2n) is 6.09. The molecule has 0 aliphatic rings. The smallest absolute Gasteiger partial charge is 0.251 e. The molecule has 1 aromatic rings. The maximum Gasteiger partial charge on any atom is 0.251 e. The zero-order valence-corrected chi connectivity index (χ0v) is 13.2. The monoisotopic (exact) mass is 279 g/mol. The SMILES string of the molecule is CCC(CNC(=O)c1ccc(F)cc1)(C(C)C)C(C)C. The van der Waals surface area contributed by atoms with E-state index in [1.54, 1.807) is 0 Å². The van der Waals surface area contributed by atoms with Gasteiger partial charge in [-0.05, 0) is 47.9 Å². The van der Waals surface area contributed by atoms with Gasteiger partial charge in [-0.3, -0.25) is 4.79 Å². The molecule has 0 radical (unpaired) electrons. The topological polar surface area (TPSA) is 29.1 Å². The summed E-state index contributed by atoms with van der Waals surface area (Å²) in [5.74, 6) is 0.514. The second-order valence-corrected chi connectivity index (χ2v) is 6.09. The van der Waals surface area contributed by atoms with E-state index in [1.807, 2.05) is 0 Å². The number of hydrogen-bond acceptors (Lipinski definition) is 1. The van der Waals surface area contributed by atoms with E-state index in [0.29, 0.717) is 23.9 Å². The van der Waals surface area contributed by atoms with Gasteiger partial charge in [-0.2, -0.15) is 0 Å². The number of carbonyl (C=O) groups excluding carboxylic acids is 1. The Hall–Kier alpha value is -1.38. The summed E-state index contributed by atoms with van der Waals surface area (Å²) in [6.45, 7) is 11.6. The van der Waals surface area contributed by atoms with Crippen LogP contribution in [0.2, 0.25) is 0 Å². The average molecular weight is 279 g/mol. The Morgan fingerprint density at radius 2 is 1.65 bits per heavy atom. The molecule has 1 N–H and O–H groups in total. The van der Waals surface area contributed by atoms with Gasteiger partial charge in [-0.15, -0.1) is 0 Å². The lowest BCUT2D eigenvalue weighted by molar-refractivity contribution is 0.0797. The molecule has 0 fully saturated rings. The van der Waals surface area contributed by atoms with Gasteiger partial charge in [0.05, 0.1) is 0 Å². The van der Waals surface area contributed by atoms with Crippen molar-refractivity contribution >= 4 is 5.91 Å². The van der Waals surface area contributed by atoms with Crippen molar-refractivity contribution in [1.82, 2.24) is 5.32 Å². The molecule has 20 heavy (non-hydrogen) atoms. The highest BCUT2D eigenvalue weighted by Gasteiger charge is 2.35. The molecular weight excluding hydrogens is 253 g/mol. The first-order valence-electron chi connectivity index (χ1n) is 7.37. The van der Waals surface area contributed by atoms with Crippen LogP contribution in [0.15, 0.2) is 24.3 Å². The van der Waals surface area contributed by atoms with Crippen LogP contribution in [-0.4, -0.2) is 12.5 Å². The molecule has 0 atom stereocenters. The van der Waals surface area contributed by atoms with Crippen LogP contribution >= 0.6 is 0 Å². The number of hydrogen-bond donors (Lipinski definition) is 1. The van der Waals surface area contributed by atoms with Crippen molar-refractivity contribution in [2.24, 2.45) is 17.3 Å². The van der Waals surface area contributed by atoms with Gasteiger partial charge in [0, 0.05) is 12.1 Å². The largest absolute Gasteiger partial charge is 0.351 e. The van der Waals surface area contributed by atoms with Gasteiger partial charge in [0.15, 0.2) is 0 Å². The lowest BCUT2D eigenvalue weighted by Crippen LogP contribution is -2.44. The van der Waals surface area contributed by atoms with E-state index < -0.39 is 0 Å². The molecule has 112 valence electrons. The Labute approximate surface area is 121 Å². The van der Waals surface area contributed by atoms with Crippen LogP contribution in [0.3, 0.4) is 0 Å². The average Bonchev–Trinajstić information content (AvgIpc) is 2.39. The van der Waals surface area contributed by atoms with Gasteiger partial charge in [0.1, 0.15) is 5.82 Å². The standard InChI is InChI=1S/C17H26FNO/c1-6-17(12(2)3,13(4)5)11-19-16(20)14-7-9-15(18)10-8-14/h7-10,12-13H,6,11H2,1-5H3,(H,19,20). The summed E-state index contributed by atoms with van der Waals surface area (Å²) in [5.41, 5.74) is 0.597. The number of nitrogens with one attached hydrogen (secondary N) is 1. The third-order valence-corrected chi connectivity index (χ3v) is 4.64. The molecule has 2 nitrogen and oxygen atoms in total. The summed E-state index contributed by atoms with van der Waals surface area (Å²) in [6, 6.07) is 5.66. The lowest BCUT2D eigenvalue weighted by atomic mass is 9.67. The van der Waals surface area contributed by atoms with Crippen molar-refractivity contribution in [2.75, 3.05) is 6.54 Å². The predicted molar refractivity (Wildman–Crippen MR) is 81.1 cm³/mol.